The maximum Gasteiger partial charge on any atom is 0.219 e. The van der Waals surface area contributed by atoms with Crippen molar-refractivity contribution in [2.24, 2.45) is 5.92 Å². The zero-order chi connectivity index (χ0) is 12.4. The highest BCUT2D eigenvalue weighted by Crippen LogP contribution is 2.10. The summed E-state index contributed by atoms with van der Waals surface area (Å²) in [7, 11) is 0. The van der Waals surface area contributed by atoms with Crippen molar-refractivity contribution in [3.63, 3.8) is 0 Å². The van der Waals surface area contributed by atoms with Gasteiger partial charge in [-0.15, -0.1) is 0 Å². The number of hydrogen-bond acceptors (Lipinski definition) is 1. The first-order chi connectivity index (χ1) is 7.57. The number of unbranched alkanes of at least 4 members (excludes halogenated alkanes) is 4. The van der Waals surface area contributed by atoms with Crippen LogP contribution in [0.5, 0.6) is 0 Å². The third kappa shape index (κ3) is 8.75. The molecule has 2 nitrogen and oxygen atoms in total. The number of hydrogen-bond donors (Lipinski definition) is 0. The fourth-order valence-corrected chi connectivity index (χ4v) is 1.92. The quantitative estimate of drug-likeness (QED) is 0.548. The van der Waals surface area contributed by atoms with Crippen LogP contribution in [0.25, 0.3) is 0 Å². The Morgan fingerprint density at radius 3 is 2.12 bits per heavy atom. The van der Waals surface area contributed by atoms with Gasteiger partial charge in [0.1, 0.15) is 0 Å². The molecule has 0 atom stereocenters. The highest BCUT2D eigenvalue weighted by molar-refractivity contribution is 5.73. The first-order valence-corrected chi connectivity index (χ1v) is 6.83. The minimum Gasteiger partial charge on any atom is -0.343 e. The van der Waals surface area contributed by atoms with Gasteiger partial charge in [0.2, 0.25) is 5.91 Å². The van der Waals surface area contributed by atoms with E-state index in [0.29, 0.717) is 0 Å². The van der Waals surface area contributed by atoms with Crippen molar-refractivity contribution in [2.45, 2.75) is 66.2 Å². The van der Waals surface area contributed by atoms with Gasteiger partial charge in [-0.1, -0.05) is 46.0 Å². The normalized spacial score (nSPS) is 10.8. The second-order valence-electron chi connectivity index (χ2n) is 5.05. The Kier molecular flexibility index (Phi) is 9.36. The maximum absolute atomic E-state index is 11.1. The Morgan fingerprint density at radius 2 is 1.62 bits per heavy atom. The summed E-state index contributed by atoms with van der Waals surface area (Å²) in [6.45, 7) is 10.1. The van der Waals surface area contributed by atoms with Crippen LogP contribution in [0.1, 0.15) is 66.2 Å². The number of carbonyl (C=O) groups is 1. The topological polar surface area (TPSA) is 20.3 Å². The number of rotatable bonds is 9. The van der Waals surface area contributed by atoms with Crippen LogP contribution in [0.4, 0.5) is 0 Å². The van der Waals surface area contributed by atoms with Gasteiger partial charge in [-0.05, 0) is 19.3 Å². The third-order valence-electron chi connectivity index (χ3n) is 3.04. The molecule has 0 aromatic carbocycles. The van der Waals surface area contributed by atoms with Crippen LogP contribution in [0, 0.1) is 5.92 Å². The van der Waals surface area contributed by atoms with Gasteiger partial charge in [0.25, 0.3) is 0 Å². The van der Waals surface area contributed by atoms with E-state index in [-0.39, 0.29) is 5.91 Å². The van der Waals surface area contributed by atoms with E-state index >= 15 is 0 Å². The molecule has 0 saturated heterocycles. The average molecular weight is 227 g/mol. The van der Waals surface area contributed by atoms with Crippen molar-refractivity contribution in [3.8, 4) is 0 Å². The van der Waals surface area contributed by atoms with E-state index in [9.17, 15) is 4.79 Å². The molecule has 0 aliphatic rings. The summed E-state index contributed by atoms with van der Waals surface area (Å²) in [5.74, 6) is 1.05. The van der Waals surface area contributed by atoms with Crippen molar-refractivity contribution in [2.75, 3.05) is 13.1 Å². The molecule has 0 saturated carbocycles. The molecule has 0 bridgehead atoms. The van der Waals surface area contributed by atoms with Crippen LogP contribution in [-0.4, -0.2) is 23.9 Å². The second kappa shape index (κ2) is 9.68. The van der Waals surface area contributed by atoms with E-state index < -0.39 is 0 Å². The Morgan fingerprint density at radius 1 is 1.06 bits per heavy atom. The average Bonchev–Trinajstić information content (AvgIpc) is 2.21. The van der Waals surface area contributed by atoms with Crippen LogP contribution in [-0.2, 0) is 4.79 Å². The van der Waals surface area contributed by atoms with Crippen molar-refractivity contribution in [1.29, 1.82) is 0 Å². The van der Waals surface area contributed by atoms with Crippen molar-refractivity contribution < 1.29 is 4.79 Å². The highest BCUT2D eigenvalue weighted by Gasteiger charge is 2.04. The Bertz CT molecular complexity index is 178. The van der Waals surface area contributed by atoms with Crippen LogP contribution in [0.3, 0.4) is 0 Å². The highest BCUT2D eigenvalue weighted by atomic mass is 16.2. The molecule has 1 amide bonds. The van der Waals surface area contributed by atoms with Crippen LogP contribution < -0.4 is 0 Å². The summed E-state index contributed by atoms with van der Waals surface area (Å²) in [6.07, 6.45) is 7.82. The molecule has 0 spiro atoms. The predicted octanol–water partition coefficient (Wildman–Crippen LogP) is 3.85. The van der Waals surface area contributed by atoms with Gasteiger partial charge >= 0.3 is 0 Å². The van der Waals surface area contributed by atoms with Gasteiger partial charge in [0.05, 0.1) is 0 Å². The van der Waals surface area contributed by atoms with E-state index in [1.807, 2.05) is 11.8 Å². The molecule has 0 rings (SSSR count). The molecule has 0 aliphatic carbocycles. The van der Waals surface area contributed by atoms with Gasteiger partial charge in [0.15, 0.2) is 0 Å². The molecule has 0 N–H and O–H groups in total. The van der Waals surface area contributed by atoms with Crippen molar-refractivity contribution >= 4 is 5.91 Å². The lowest BCUT2D eigenvalue weighted by atomic mass is 10.0. The van der Waals surface area contributed by atoms with Gasteiger partial charge in [-0.25, -0.2) is 0 Å². The Labute approximate surface area is 101 Å². The second-order valence-corrected chi connectivity index (χ2v) is 5.05. The molecule has 0 aromatic rings. The Balaban J connectivity index is 3.29. The minimum atomic E-state index is 0.210. The zero-order valence-corrected chi connectivity index (χ0v) is 11.6. The van der Waals surface area contributed by atoms with Gasteiger partial charge in [-0.2, -0.15) is 0 Å². The van der Waals surface area contributed by atoms with Crippen LogP contribution >= 0.6 is 0 Å². The molecule has 0 fully saturated rings. The number of nitrogens with zero attached hydrogens (tertiary/aromatic N) is 1. The van der Waals surface area contributed by atoms with E-state index in [0.717, 1.165) is 25.4 Å². The van der Waals surface area contributed by atoms with Gasteiger partial charge in [0, 0.05) is 20.0 Å². The summed E-state index contributed by atoms with van der Waals surface area (Å²) >= 11 is 0. The van der Waals surface area contributed by atoms with E-state index in [1.165, 1.54) is 32.1 Å². The molecule has 0 radical (unpaired) electrons. The summed E-state index contributed by atoms with van der Waals surface area (Å²) in [5.41, 5.74) is 0. The Hall–Kier alpha value is -0.530. The molecular formula is C14H29NO. The van der Waals surface area contributed by atoms with Gasteiger partial charge < -0.3 is 4.90 Å². The molecule has 0 heterocycles. The van der Waals surface area contributed by atoms with E-state index in [2.05, 4.69) is 13.8 Å². The summed E-state index contributed by atoms with van der Waals surface area (Å²) in [5, 5.41) is 0. The zero-order valence-electron chi connectivity index (χ0n) is 11.6. The molecule has 0 aliphatic heterocycles. The summed E-state index contributed by atoms with van der Waals surface area (Å²) in [4.78, 5) is 13.1. The third-order valence-corrected chi connectivity index (χ3v) is 3.04. The van der Waals surface area contributed by atoms with Crippen LogP contribution in [0.15, 0.2) is 0 Å². The predicted molar refractivity (Wildman–Crippen MR) is 70.5 cm³/mol. The molecule has 0 aromatic heterocycles. The van der Waals surface area contributed by atoms with Crippen molar-refractivity contribution in [1.82, 2.24) is 4.90 Å². The van der Waals surface area contributed by atoms with Gasteiger partial charge in [-0.3, -0.25) is 4.79 Å². The largest absolute Gasteiger partial charge is 0.343 e. The lowest BCUT2D eigenvalue weighted by molar-refractivity contribution is -0.128. The summed E-state index contributed by atoms with van der Waals surface area (Å²) in [6, 6.07) is 0. The lowest BCUT2D eigenvalue weighted by Gasteiger charge is -2.18. The molecule has 2 heteroatoms. The molecule has 0 unspecified atom stereocenters. The molecular weight excluding hydrogens is 198 g/mol. The molecule has 96 valence electrons. The fourth-order valence-electron chi connectivity index (χ4n) is 1.92. The van der Waals surface area contributed by atoms with E-state index in [4.69, 9.17) is 0 Å². The molecule has 16 heavy (non-hydrogen) atoms. The lowest BCUT2D eigenvalue weighted by Crippen LogP contribution is -2.29. The fraction of sp³-hybridized carbons (Fsp3) is 0.929. The maximum atomic E-state index is 11.1. The first-order valence-electron chi connectivity index (χ1n) is 6.83. The monoisotopic (exact) mass is 227 g/mol. The first kappa shape index (κ1) is 15.5. The minimum absolute atomic E-state index is 0.210. The van der Waals surface area contributed by atoms with E-state index in [1.54, 1.807) is 6.92 Å². The SMILES string of the molecule is CCN(CCCCCCCC(C)C)C(C)=O. The number of amides is 1. The summed E-state index contributed by atoms with van der Waals surface area (Å²) < 4.78 is 0. The number of carbonyl (C=O) groups excluding carboxylic acids is 1. The standard InChI is InChI=1S/C14H29NO/c1-5-15(14(4)16)12-10-8-6-7-9-11-13(2)3/h13H,5-12H2,1-4H3. The van der Waals surface area contributed by atoms with Crippen LogP contribution in [0.2, 0.25) is 0 Å². The van der Waals surface area contributed by atoms with Crippen molar-refractivity contribution in [3.05, 3.63) is 0 Å². The smallest absolute Gasteiger partial charge is 0.219 e.